The molecule has 38 heavy (non-hydrogen) atoms. The van der Waals surface area contributed by atoms with Crippen LogP contribution in [0.5, 0.6) is 0 Å². The van der Waals surface area contributed by atoms with E-state index in [2.05, 4.69) is 40.7 Å². The van der Waals surface area contributed by atoms with Gasteiger partial charge in [-0.3, -0.25) is 9.59 Å². The maximum atomic E-state index is 12.9. The molecular weight excluding hydrogens is 480 g/mol. The summed E-state index contributed by atoms with van der Waals surface area (Å²) >= 11 is 0. The molecule has 0 aromatic carbocycles. The molecule has 5 rings (SSSR count). The second kappa shape index (κ2) is 8.80. The Balaban J connectivity index is 1.59. The molecule has 214 valence electrons. The molecule has 0 bridgehead atoms. The first-order chi connectivity index (χ1) is 17.6. The highest BCUT2D eigenvalue weighted by molar-refractivity contribution is 5.76. The van der Waals surface area contributed by atoms with Crippen molar-refractivity contribution in [3.05, 3.63) is 11.6 Å². The first-order valence-electron chi connectivity index (χ1n) is 15.0. The number of carboxylic acid groups (broad SMARTS) is 1. The smallest absolute Gasteiger partial charge is 0.310 e. The second-order valence-electron chi connectivity index (χ2n) is 15.1. The summed E-state index contributed by atoms with van der Waals surface area (Å²) in [5, 5.41) is 33.0. The lowest BCUT2D eigenvalue weighted by Crippen LogP contribution is -2.68. The molecule has 12 atom stereocenters. The standard InChI is InChI=1S/C32H50O6/c1-18-10-13-32(27(36)37)15-14-30(6)21(25(32)19(18)2)8-9-24-28(4)16-22(34)26(35)29(5,17-38-20(3)33)23(28)11-12-31(24,30)7/h8,18-19,22-26,34-35H,9-17H2,1-7H3,(H,36,37). The minimum absolute atomic E-state index is 0.0439. The Bertz CT molecular complexity index is 1040. The van der Waals surface area contributed by atoms with Crippen molar-refractivity contribution in [3.8, 4) is 0 Å². The molecule has 5 aliphatic rings. The highest BCUT2D eigenvalue weighted by Crippen LogP contribution is 2.75. The number of hydrogen-bond acceptors (Lipinski definition) is 5. The van der Waals surface area contributed by atoms with E-state index in [0.717, 1.165) is 44.9 Å². The zero-order valence-corrected chi connectivity index (χ0v) is 24.5. The largest absolute Gasteiger partial charge is 0.481 e. The number of carboxylic acids is 1. The summed E-state index contributed by atoms with van der Waals surface area (Å²) in [6.07, 6.45) is 7.26. The summed E-state index contributed by atoms with van der Waals surface area (Å²) in [6.45, 7) is 15.2. The average molecular weight is 531 g/mol. The lowest BCUT2D eigenvalue weighted by molar-refractivity contribution is -0.246. The maximum absolute atomic E-state index is 12.9. The Kier molecular flexibility index (Phi) is 6.52. The van der Waals surface area contributed by atoms with Crippen LogP contribution >= 0.6 is 0 Å². The Morgan fingerprint density at radius 1 is 1.00 bits per heavy atom. The van der Waals surface area contributed by atoms with E-state index in [1.165, 1.54) is 12.5 Å². The number of esters is 1. The van der Waals surface area contributed by atoms with Crippen molar-refractivity contribution in [1.82, 2.24) is 0 Å². The summed E-state index contributed by atoms with van der Waals surface area (Å²) < 4.78 is 5.50. The van der Waals surface area contributed by atoms with E-state index in [-0.39, 0.29) is 46.6 Å². The van der Waals surface area contributed by atoms with Gasteiger partial charge in [0, 0.05) is 12.3 Å². The van der Waals surface area contributed by atoms with Crippen LogP contribution in [0.4, 0.5) is 0 Å². The van der Waals surface area contributed by atoms with E-state index in [9.17, 15) is 24.9 Å². The van der Waals surface area contributed by atoms with E-state index in [1.807, 2.05) is 6.92 Å². The molecule has 0 aromatic rings. The van der Waals surface area contributed by atoms with Crippen molar-refractivity contribution in [2.24, 2.45) is 56.7 Å². The number of carbonyl (C=O) groups excluding carboxylic acids is 1. The van der Waals surface area contributed by atoms with Gasteiger partial charge in [-0.15, -0.1) is 0 Å². The van der Waals surface area contributed by atoms with Crippen LogP contribution in [-0.2, 0) is 14.3 Å². The van der Waals surface area contributed by atoms with Gasteiger partial charge in [-0.1, -0.05) is 53.2 Å². The van der Waals surface area contributed by atoms with Crippen LogP contribution in [0.1, 0.15) is 99.8 Å². The van der Waals surface area contributed by atoms with E-state index in [0.29, 0.717) is 18.3 Å². The molecular formula is C32H50O6. The zero-order valence-electron chi connectivity index (χ0n) is 24.5. The molecule has 3 N–H and O–H groups in total. The molecule has 0 saturated heterocycles. The van der Waals surface area contributed by atoms with Crippen LogP contribution in [0, 0.1) is 56.7 Å². The average Bonchev–Trinajstić information content (AvgIpc) is 2.84. The van der Waals surface area contributed by atoms with Gasteiger partial charge in [0.1, 0.15) is 0 Å². The predicted molar refractivity (Wildman–Crippen MR) is 145 cm³/mol. The lowest BCUT2D eigenvalue weighted by Gasteiger charge is -2.71. The van der Waals surface area contributed by atoms with Crippen molar-refractivity contribution in [3.63, 3.8) is 0 Å². The normalized spacial score (nSPS) is 53.9. The van der Waals surface area contributed by atoms with Crippen LogP contribution in [0.2, 0.25) is 0 Å². The van der Waals surface area contributed by atoms with Gasteiger partial charge in [0.25, 0.3) is 0 Å². The first kappa shape index (κ1) is 28.1. The maximum Gasteiger partial charge on any atom is 0.310 e. The van der Waals surface area contributed by atoms with Crippen LogP contribution < -0.4 is 0 Å². The molecule has 6 heteroatoms. The van der Waals surface area contributed by atoms with Gasteiger partial charge in [0.2, 0.25) is 0 Å². The summed E-state index contributed by atoms with van der Waals surface area (Å²) in [7, 11) is 0. The second-order valence-corrected chi connectivity index (χ2v) is 15.1. The van der Waals surface area contributed by atoms with Gasteiger partial charge in [-0.05, 0) is 97.2 Å². The van der Waals surface area contributed by atoms with E-state index < -0.39 is 29.0 Å². The van der Waals surface area contributed by atoms with E-state index in [1.54, 1.807) is 0 Å². The quantitative estimate of drug-likeness (QED) is 0.324. The van der Waals surface area contributed by atoms with Gasteiger partial charge in [0.05, 0.1) is 24.2 Å². The van der Waals surface area contributed by atoms with E-state index in [4.69, 9.17) is 4.74 Å². The van der Waals surface area contributed by atoms with Crippen molar-refractivity contribution < 1.29 is 29.6 Å². The van der Waals surface area contributed by atoms with Crippen LogP contribution in [0.15, 0.2) is 11.6 Å². The number of allylic oxidation sites excluding steroid dienone is 2. The molecule has 12 unspecified atom stereocenters. The van der Waals surface area contributed by atoms with Crippen molar-refractivity contribution in [1.29, 1.82) is 0 Å². The number of rotatable bonds is 3. The summed E-state index contributed by atoms with van der Waals surface area (Å²) in [5.74, 6) is 0.327. The molecule has 0 aliphatic heterocycles. The molecule has 0 spiro atoms. The minimum atomic E-state index is -0.940. The molecule has 0 amide bonds. The number of aliphatic carboxylic acids is 1. The van der Waals surface area contributed by atoms with E-state index >= 15 is 0 Å². The molecule has 5 aliphatic carbocycles. The molecule has 0 aromatic heterocycles. The number of fused-ring (bicyclic) bond motifs is 7. The SMILES string of the molecule is CC(=O)OCC1(C)C(O)C(O)CC2(C)C1CCC1(C)C2CC=C2C3C(C)C(C)CCC3(C(=O)O)CCC21C. The minimum Gasteiger partial charge on any atom is -0.481 e. The Morgan fingerprint density at radius 3 is 2.32 bits per heavy atom. The fourth-order valence-corrected chi connectivity index (χ4v) is 11.2. The third kappa shape index (κ3) is 3.44. The highest BCUT2D eigenvalue weighted by atomic mass is 16.5. The highest BCUT2D eigenvalue weighted by Gasteiger charge is 2.71. The van der Waals surface area contributed by atoms with Crippen molar-refractivity contribution in [2.45, 2.75) is 112 Å². The number of hydrogen-bond donors (Lipinski definition) is 3. The van der Waals surface area contributed by atoms with Crippen molar-refractivity contribution in [2.75, 3.05) is 6.61 Å². The van der Waals surface area contributed by atoms with Crippen molar-refractivity contribution >= 4 is 11.9 Å². The number of aliphatic hydroxyl groups is 2. The van der Waals surface area contributed by atoms with Gasteiger partial charge in [-0.2, -0.15) is 0 Å². The fraction of sp³-hybridized carbons (Fsp3) is 0.875. The fourth-order valence-electron chi connectivity index (χ4n) is 11.2. The molecule has 4 saturated carbocycles. The molecule has 0 heterocycles. The first-order valence-corrected chi connectivity index (χ1v) is 15.0. The Hall–Kier alpha value is -1.40. The number of carbonyl (C=O) groups is 2. The topological polar surface area (TPSA) is 104 Å². The van der Waals surface area contributed by atoms with Gasteiger partial charge in [-0.25, -0.2) is 0 Å². The third-order valence-corrected chi connectivity index (χ3v) is 13.8. The molecule has 0 radical (unpaired) electrons. The van der Waals surface area contributed by atoms with Crippen LogP contribution in [-0.4, -0.2) is 46.1 Å². The zero-order chi connectivity index (χ0) is 28.1. The summed E-state index contributed by atoms with van der Waals surface area (Å²) in [6, 6.07) is 0. The van der Waals surface area contributed by atoms with Gasteiger partial charge >= 0.3 is 11.9 Å². The molecule has 4 fully saturated rings. The number of aliphatic hydroxyl groups excluding tert-OH is 2. The lowest BCUT2D eigenvalue weighted by atomic mass is 9.33. The summed E-state index contributed by atoms with van der Waals surface area (Å²) in [5.41, 5.74) is -0.370. The monoisotopic (exact) mass is 530 g/mol. The Labute approximate surface area is 228 Å². The predicted octanol–water partition coefficient (Wildman–Crippen LogP) is 5.60. The molecule has 6 nitrogen and oxygen atoms in total. The number of ether oxygens (including phenoxy) is 1. The van der Waals surface area contributed by atoms with Gasteiger partial charge in [0.15, 0.2) is 0 Å². The van der Waals surface area contributed by atoms with Crippen LogP contribution in [0.25, 0.3) is 0 Å². The summed E-state index contributed by atoms with van der Waals surface area (Å²) in [4.78, 5) is 24.6. The van der Waals surface area contributed by atoms with Gasteiger partial charge < -0.3 is 20.1 Å². The van der Waals surface area contributed by atoms with Crippen LogP contribution in [0.3, 0.4) is 0 Å². The Morgan fingerprint density at radius 2 is 1.68 bits per heavy atom. The third-order valence-electron chi connectivity index (χ3n) is 13.8.